The van der Waals surface area contributed by atoms with E-state index >= 15 is 0 Å². The number of hydrogen-bond acceptors (Lipinski definition) is 5. The molecule has 0 bridgehead atoms. The monoisotopic (exact) mass is 438 g/mol. The van der Waals surface area contributed by atoms with Crippen LogP contribution < -0.4 is 5.32 Å². The Labute approximate surface area is 188 Å². The normalized spacial score (nSPS) is 14.4. The minimum atomic E-state index is -0.573. The molecule has 2 aromatic rings. The molecule has 0 unspecified atom stereocenters. The summed E-state index contributed by atoms with van der Waals surface area (Å²) >= 11 is 0. The molecule has 0 atom stereocenters. The lowest BCUT2D eigenvalue weighted by Crippen LogP contribution is -2.46. The first kappa shape index (κ1) is 23.4. The van der Waals surface area contributed by atoms with Crippen LogP contribution in [0.2, 0.25) is 0 Å². The third-order valence-electron chi connectivity index (χ3n) is 6.01. The van der Waals surface area contributed by atoms with Crippen LogP contribution in [-0.2, 0) is 11.2 Å². The van der Waals surface area contributed by atoms with Gasteiger partial charge in [-0.2, -0.15) is 0 Å². The van der Waals surface area contributed by atoms with Crippen LogP contribution >= 0.6 is 0 Å². The summed E-state index contributed by atoms with van der Waals surface area (Å²) in [5.74, 6) is -0.530. The number of likely N-dealkylation sites (N-methyl/N-ethyl adjacent to an activating group) is 1. The molecule has 2 aromatic carbocycles. The summed E-state index contributed by atoms with van der Waals surface area (Å²) in [5, 5.41) is 14.0. The highest BCUT2D eigenvalue weighted by atomic mass is 16.6. The topological polar surface area (TPSA) is 95.8 Å². The number of nitro groups is 1. The van der Waals surface area contributed by atoms with E-state index in [1.54, 1.807) is 17.9 Å². The van der Waals surface area contributed by atoms with E-state index in [0.29, 0.717) is 19.1 Å². The summed E-state index contributed by atoms with van der Waals surface area (Å²) in [7, 11) is 2.12. The average molecular weight is 439 g/mol. The molecule has 0 saturated carbocycles. The van der Waals surface area contributed by atoms with Crippen molar-refractivity contribution in [1.82, 2.24) is 9.80 Å². The van der Waals surface area contributed by atoms with Gasteiger partial charge in [0.25, 0.3) is 11.6 Å². The van der Waals surface area contributed by atoms with Gasteiger partial charge in [-0.15, -0.1) is 0 Å². The third-order valence-corrected chi connectivity index (χ3v) is 6.01. The number of nitrogens with one attached hydrogen (secondary N) is 1. The van der Waals surface area contributed by atoms with Crippen molar-refractivity contribution < 1.29 is 14.5 Å². The number of carbonyl (C=O) groups is 2. The molecule has 2 amide bonds. The highest BCUT2D eigenvalue weighted by Gasteiger charge is 2.27. The number of hydrogen-bond donors (Lipinski definition) is 1. The molecule has 0 aromatic heterocycles. The van der Waals surface area contributed by atoms with Crippen molar-refractivity contribution >= 4 is 23.2 Å². The number of likely N-dealkylation sites (tertiary alicyclic amines) is 1. The minimum absolute atomic E-state index is 0.108. The van der Waals surface area contributed by atoms with Gasteiger partial charge in [-0.05, 0) is 44.0 Å². The zero-order valence-electron chi connectivity index (χ0n) is 18.6. The van der Waals surface area contributed by atoms with E-state index < -0.39 is 4.92 Å². The van der Waals surface area contributed by atoms with Gasteiger partial charge >= 0.3 is 0 Å². The highest BCUT2D eigenvalue weighted by molar-refractivity contribution is 5.98. The van der Waals surface area contributed by atoms with Crippen LogP contribution in [0.4, 0.5) is 11.4 Å². The summed E-state index contributed by atoms with van der Waals surface area (Å²) in [6.45, 7) is 3.85. The van der Waals surface area contributed by atoms with Crippen LogP contribution in [0, 0.1) is 10.1 Å². The smallest absolute Gasteiger partial charge is 0.293 e. The molecule has 1 heterocycles. The number of carbonyl (C=O) groups excluding carboxylic acids is 2. The lowest BCUT2D eigenvalue weighted by atomic mass is 10.0. The summed E-state index contributed by atoms with van der Waals surface area (Å²) in [6.07, 6.45) is 2.93. The van der Waals surface area contributed by atoms with E-state index in [4.69, 9.17) is 0 Å². The molecule has 1 aliphatic heterocycles. The van der Waals surface area contributed by atoms with Crippen molar-refractivity contribution in [2.24, 2.45) is 0 Å². The fourth-order valence-corrected chi connectivity index (χ4v) is 3.99. The molecule has 1 saturated heterocycles. The zero-order valence-corrected chi connectivity index (χ0v) is 18.6. The standard InChI is InChI=1S/C24H30N4O4/c1-3-23(29)25-21-10-9-19(17-22(21)28(31)32)24(30)27-15-12-20(13-16-27)26(2)14-11-18-7-5-4-6-8-18/h4-10,17,20H,3,11-16H2,1-2H3,(H,25,29). The van der Waals surface area contributed by atoms with Gasteiger partial charge in [-0.3, -0.25) is 19.7 Å². The summed E-state index contributed by atoms with van der Waals surface area (Å²) < 4.78 is 0. The van der Waals surface area contributed by atoms with E-state index in [1.807, 2.05) is 18.2 Å². The Morgan fingerprint density at radius 2 is 1.84 bits per heavy atom. The van der Waals surface area contributed by atoms with Gasteiger partial charge in [-0.1, -0.05) is 37.3 Å². The van der Waals surface area contributed by atoms with Gasteiger partial charge in [0.2, 0.25) is 5.91 Å². The van der Waals surface area contributed by atoms with Crippen molar-refractivity contribution in [3.05, 3.63) is 69.8 Å². The molecular weight excluding hydrogens is 408 g/mol. The first-order chi connectivity index (χ1) is 15.4. The van der Waals surface area contributed by atoms with Gasteiger partial charge < -0.3 is 15.1 Å². The van der Waals surface area contributed by atoms with Gasteiger partial charge in [0, 0.05) is 43.7 Å². The molecule has 0 aliphatic carbocycles. The number of amides is 2. The van der Waals surface area contributed by atoms with Gasteiger partial charge in [0.1, 0.15) is 5.69 Å². The van der Waals surface area contributed by atoms with Crippen LogP contribution in [0.1, 0.15) is 42.1 Å². The lowest BCUT2D eigenvalue weighted by Gasteiger charge is -2.37. The van der Waals surface area contributed by atoms with Crippen LogP contribution in [0.5, 0.6) is 0 Å². The molecule has 1 fully saturated rings. The van der Waals surface area contributed by atoms with Gasteiger partial charge in [-0.25, -0.2) is 0 Å². The van der Waals surface area contributed by atoms with E-state index in [-0.39, 0.29) is 35.2 Å². The maximum Gasteiger partial charge on any atom is 0.293 e. The molecule has 3 rings (SSSR count). The van der Waals surface area contributed by atoms with E-state index in [9.17, 15) is 19.7 Å². The first-order valence-electron chi connectivity index (χ1n) is 11.0. The Kier molecular flexibility index (Phi) is 7.94. The fourth-order valence-electron chi connectivity index (χ4n) is 3.99. The second kappa shape index (κ2) is 10.9. The fraction of sp³-hybridized carbons (Fsp3) is 0.417. The molecule has 0 spiro atoms. The van der Waals surface area contributed by atoms with Crippen LogP contribution in [-0.4, -0.2) is 59.3 Å². The lowest BCUT2D eigenvalue weighted by molar-refractivity contribution is -0.384. The molecule has 170 valence electrons. The van der Waals surface area contributed by atoms with E-state index in [2.05, 4.69) is 29.4 Å². The number of nitro benzene ring substituents is 1. The molecule has 1 aliphatic rings. The number of rotatable bonds is 8. The largest absolute Gasteiger partial charge is 0.339 e. The Balaban J connectivity index is 1.58. The summed E-state index contributed by atoms with van der Waals surface area (Å²) in [6, 6.07) is 15.0. The quantitative estimate of drug-likeness (QED) is 0.501. The molecule has 8 nitrogen and oxygen atoms in total. The summed E-state index contributed by atoms with van der Waals surface area (Å²) in [5.41, 5.74) is 1.42. The minimum Gasteiger partial charge on any atom is -0.339 e. The van der Waals surface area contributed by atoms with Crippen molar-refractivity contribution in [2.75, 3.05) is 32.0 Å². The van der Waals surface area contributed by atoms with Crippen LogP contribution in [0.3, 0.4) is 0 Å². The second-order valence-electron chi connectivity index (χ2n) is 8.13. The molecule has 1 N–H and O–H groups in total. The Hall–Kier alpha value is -3.26. The molecule has 32 heavy (non-hydrogen) atoms. The van der Waals surface area contributed by atoms with Crippen molar-refractivity contribution in [3.8, 4) is 0 Å². The SMILES string of the molecule is CCC(=O)Nc1ccc(C(=O)N2CCC(N(C)CCc3ccccc3)CC2)cc1[N+](=O)[O-]. The van der Waals surface area contributed by atoms with Crippen molar-refractivity contribution in [2.45, 2.75) is 38.6 Å². The van der Waals surface area contributed by atoms with Crippen LogP contribution in [0.15, 0.2) is 48.5 Å². The highest BCUT2D eigenvalue weighted by Crippen LogP contribution is 2.27. The first-order valence-corrected chi connectivity index (χ1v) is 11.0. The number of nitrogens with zero attached hydrogens (tertiary/aromatic N) is 3. The summed E-state index contributed by atoms with van der Waals surface area (Å²) in [4.78, 5) is 39.6. The molecular formula is C24H30N4O4. The third kappa shape index (κ3) is 5.91. The zero-order chi connectivity index (χ0) is 23.1. The van der Waals surface area contributed by atoms with Crippen molar-refractivity contribution in [1.29, 1.82) is 0 Å². The Bertz CT molecular complexity index is 956. The predicted molar refractivity (Wildman–Crippen MR) is 124 cm³/mol. The van der Waals surface area contributed by atoms with E-state index in [1.165, 1.54) is 17.7 Å². The van der Waals surface area contributed by atoms with Crippen LogP contribution in [0.25, 0.3) is 0 Å². The van der Waals surface area contributed by atoms with Crippen molar-refractivity contribution in [3.63, 3.8) is 0 Å². The number of piperidine rings is 1. The number of anilines is 1. The maximum absolute atomic E-state index is 13.0. The molecule has 0 radical (unpaired) electrons. The Morgan fingerprint density at radius 3 is 2.47 bits per heavy atom. The van der Waals surface area contributed by atoms with Gasteiger partial charge in [0.15, 0.2) is 0 Å². The predicted octanol–water partition coefficient (Wildman–Crippen LogP) is 3.72. The second-order valence-corrected chi connectivity index (χ2v) is 8.13. The molecule has 8 heteroatoms. The Morgan fingerprint density at radius 1 is 1.16 bits per heavy atom. The number of benzene rings is 2. The van der Waals surface area contributed by atoms with Gasteiger partial charge in [0.05, 0.1) is 4.92 Å². The maximum atomic E-state index is 13.0. The average Bonchev–Trinajstić information content (AvgIpc) is 2.82. The van der Waals surface area contributed by atoms with E-state index in [0.717, 1.165) is 25.8 Å².